The molecule has 5 nitrogen and oxygen atoms in total. The summed E-state index contributed by atoms with van der Waals surface area (Å²) in [6.45, 7) is 0.352. The first-order chi connectivity index (χ1) is 7.72. The van der Waals surface area contributed by atoms with Crippen molar-refractivity contribution in [3.63, 3.8) is 0 Å². The van der Waals surface area contributed by atoms with Crippen LogP contribution in [0.25, 0.3) is 11.3 Å². The van der Waals surface area contributed by atoms with Crippen molar-refractivity contribution in [3.8, 4) is 11.3 Å². The molecule has 6 heteroatoms. The van der Waals surface area contributed by atoms with Crippen LogP contribution in [0.15, 0.2) is 29.6 Å². The van der Waals surface area contributed by atoms with E-state index in [0.717, 1.165) is 5.01 Å². The SMILES string of the molecule is NCc1nc(-c2ccccc2[N+](=O)[O-])cs1. The van der Waals surface area contributed by atoms with Gasteiger partial charge in [0, 0.05) is 18.0 Å². The van der Waals surface area contributed by atoms with E-state index in [0.29, 0.717) is 17.8 Å². The Bertz CT molecular complexity index is 524. The van der Waals surface area contributed by atoms with Gasteiger partial charge in [-0.3, -0.25) is 10.1 Å². The van der Waals surface area contributed by atoms with Gasteiger partial charge in [0.15, 0.2) is 0 Å². The molecule has 2 rings (SSSR count). The Morgan fingerprint density at radius 2 is 2.19 bits per heavy atom. The van der Waals surface area contributed by atoms with Gasteiger partial charge in [0.25, 0.3) is 5.69 Å². The lowest BCUT2D eigenvalue weighted by molar-refractivity contribution is -0.384. The molecule has 0 radical (unpaired) electrons. The van der Waals surface area contributed by atoms with Crippen molar-refractivity contribution in [1.29, 1.82) is 0 Å². The van der Waals surface area contributed by atoms with Crippen LogP contribution in [0.5, 0.6) is 0 Å². The van der Waals surface area contributed by atoms with E-state index in [1.165, 1.54) is 17.4 Å². The fourth-order valence-electron chi connectivity index (χ4n) is 1.38. The van der Waals surface area contributed by atoms with Gasteiger partial charge in [-0.15, -0.1) is 11.3 Å². The third-order valence-corrected chi connectivity index (χ3v) is 2.97. The van der Waals surface area contributed by atoms with Gasteiger partial charge < -0.3 is 5.73 Å². The van der Waals surface area contributed by atoms with E-state index in [1.54, 1.807) is 23.6 Å². The molecular weight excluding hydrogens is 226 g/mol. The zero-order valence-corrected chi connectivity index (χ0v) is 9.11. The highest BCUT2D eigenvalue weighted by atomic mass is 32.1. The highest BCUT2D eigenvalue weighted by Crippen LogP contribution is 2.29. The summed E-state index contributed by atoms with van der Waals surface area (Å²) in [5, 5.41) is 13.4. The molecule has 0 amide bonds. The number of nitro groups is 1. The van der Waals surface area contributed by atoms with Gasteiger partial charge in [-0.2, -0.15) is 0 Å². The molecule has 0 fully saturated rings. The summed E-state index contributed by atoms with van der Waals surface area (Å²) in [5.41, 5.74) is 6.66. The van der Waals surface area contributed by atoms with Gasteiger partial charge >= 0.3 is 0 Å². The predicted molar refractivity (Wildman–Crippen MR) is 62.1 cm³/mol. The Morgan fingerprint density at radius 1 is 1.44 bits per heavy atom. The molecule has 2 aromatic rings. The zero-order chi connectivity index (χ0) is 11.5. The van der Waals surface area contributed by atoms with Gasteiger partial charge in [0.05, 0.1) is 16.2 Å². The number of aromatic nitrogens is 1. The number of nitrogens with zero attached hydrogens (tertiary/aromatic N) is 2. The van der Waals surface area contributed by atoms with Crippen molar-refractivity contribution in [2.24, 2.45) is 5.73 Å². The van der Waals surface area contributed by atoms with Gasteiger partial charge in [-0.25, -0.2) is 4.98 Å². The molecule has 0 bridgehead atoms. The highest BCUT2D eigenvalue weighted by molar-refractivity contribution is 7.09. The van der Waals surface area contributed by atoms with Gasteiger partial charge in [-0.1, -0.05) is 12.1 Å². The van der Waals surface area contributed by atoms with Crippen LogP contribution in [0.4, 0.5) is 5.69 Å². The molecule has 1 aromatic heterocycles. The number of rotatable bonds is 3. The molecule has 82 valence electrons. The molecule has 0 saturated heterocycles. The summed E-state index contributed by atoms with van der Waals surface area (Å²) in [6, 6.07) is 6.55. The molecule has 0 aliphatic carbocycles. The van der Waals surface area contributed by atoms with Gasteiger partial charge in [0.2, 0.25) is 0 Å². The minimum Gasteiger partial charge on any atom is -0.325 e. The largest absolute Gasteiger partial charge is 0.325 e. The third kappa shape index (κ3) is 1.93. The summed E-state index contributed by atoms with van der Waals surface area (Å²) >= 11 is 1.41. The lowest BCUT2D eigenvalue weighted by Crippen LogP contribution is -1.95. The highest BCUT2D eigenvalue weighted by Gasteiger charge is 2.16. The Balaban J connectivity index is 2.50. The quantitative estimate of drug-likeness (QED) is 0.653. The fraction of sp³-hybridized carbons (Fsp3) is 0.100. The van der Waals surface area contributed by atoms with Gasteiger partial charge in [0.1, 0.15) is 5.01 Å². The molecule has 0 unspecified atom stereocenters. The number of benzene rings is 1. The van der Waals surface area contributed by atoms with Crippen LogP contribution in [0.2, 0.25) is 0 Å². The Kier molecular flexibility index (Phi) is 2.93. The van der Waals surface area contributed by atoms with Crippen LogP contribution in [0.1, 0.15) is 5.01 Å². The van der Waals surface area contributed by atoms with Crippen LogP contribution in [-0.4, -0.2) is 9.91 Å². The first-order valence-electron chi connectivity index (χ1n) is 4.60. The maximum Gasteiger partial charge on any atom is 0.278 e. The average Bonchev–Trinajstić information content (AvgIpc) is 2.77. The Hall–Kier alpha value is -1.79. The maximum atomic E-state index is 10.8. The predicted octanol–water partition coefficient (Wildman–Crippen LogP) is 2.18. The average molecular weight is 235 g/mol. The van der Waals surface area contributed by atoms with Crippen molar-refractivity contribution in [1.82, 2.24) is 4.98 Å². The third-order valence-electron chi connectivity index (χ3n) is 2.10. The second-order valence-corrected chi connectivity index (χ2v) is 4.05. The summed E-state index contributed by atoms with van der Waals surface area (Å²) in [4.78, 5) is 14.7. The van der Waals surface area contributed by atoms with Crippen LogP contribution < -0.4 is 5.73 Å². The lowest BCUT2D eigenvalue weighted by Gasteiger charge is -1.98. The lowest BCUT2D eigenvalue weighted by atomic mass is 10.1. The van der Waals surface area contributed by atoms with Crippen molar-refractivity contribution < 1.29 is 4.92 Å². The molecule has 0 saturated carbocycles. The first kappa shape index (κ1) is 10.7. The summed E-state index contributed by atoms with van der Waals surface area (Å²) < 4.78 is 0. The molecule has 16 heavy (non-hydrogen) atoms. The topological polar surface area (TPSA) is 82.0 Å². The maximum absolute atomic E-state index is 10.8. The number of nitro benzene ring substituents is 1. The van der Waals surface area contributed by atoms with Crippen LogP contribution >= 0.6 is 11.3 Å². The standard InChI is InChI=1S/C10H9N3O2S/c11-5-10-12-8(6-16-10)7-3-1-2-4-9(7)13(14)15/h1-4,6H,5,11H2. The number of nitrogens with two attached hydrogens (primary N) is 1. The number of hydrogen-bond donors (Lipinski definition) is 1. The van der Waals surface area contributed by atoms with Crippen molar-refractivity contribution >= 4 is 17.0 Å². The summed E-state index contributed by atoms with van der Waals surface area (Å²) in [6.07, 6.45) is 0. The zero-order valence-electron chi connectivity index (χ0n) is 8.29. The molecule has 0 aliphatic heterocycles. The molecule has 0 spiro atoms. The van der Waals surface area contributed by atoms with E-state index < -0.39 is 4.92 Å². The van der Waals surface area contributed by atoms with Crippen LogP contribution in [0.3, 0.4) is 0 Å². The van der Waals surface area contributed by atoms with E-state index in [1.807, 2.05) is 0 Å². The van der Waals surface area contributed by atoms with Crippen LogP contribution in [-0.2, 0) is 6.54 Å². The number of hydrogen-bond acceptors (Lipinski definition) is 5. The normalized spacial score (nSPS) is 10.3. The number of para-hydroxylation sites is 1. The molecule has 0 aliphatic rings. The molecule has 1 heterocycles. The van der Waals surface area contributed by atoms with E-state index in [9.17, 15) is 10.1 Å². The fourth-order valence-corrected chi connectivity index (χ4v) is 2.05. The van der Waals surface area contributed by atoms with Gasteiger partial charge in [-0.05, 0) is 6.07 Å². The molecule has 0 atom stereocenters. The van der Waals surface area contributed by atoms with E-state index in [-0.39, 0.29) is 5.69 Å². The molecule has 2 N–H and O–H groups in total. The van der Waals surface area contributed by atoms with E-state index in [2.05, 4.69) is 4.98 Å². The summed E-state index contributed by atoms with van der Waals surface area (Å²) in [5.74, 6) is 0. The first-order valence-corrected chi connectivity index (χ1v) is 5.48. The minimum atomic E-state index is -0.406. The minimum absolute atomic E-state index is 0.0661. The van der Waals surface area contributed by atoms with E-state index in [4.69, 9.17) is 5.73 Å². The second kappa shape index (κ2) is 4.38. The van der Waals surface area contributed by atoms with Crippen molar-refractivity contribution in [3.05, 3.63) is 44.8 Å². The smallest absolute Gasteiger partial charge is 0.278 e. The number of thiazole rings is 1. The molecule has 1 aromatic carbocycles. The van der Waals surface area contributed by atoms with Crippen molar-refractivity contribution in [2.75, 3.05) is 0 Å². The van der Waals surface area contributed by atoms with E-state index >= 15 is 0 Å². The Labute approximate surface area is 95.7 Å². The van der Waals surface area contributed by atoms with Crippen molar-refractivity contribution in [2.45, 2.75) is 6.54 Å². The Morgan fingerprint density at radius 3 is 2.81 bits per heavy atom. The second-order valence-electron chi connectivity index (χ2n) is 3.10. The molecular formula is C10H9N3O2S. The monoisotopic (exact) mass is 235 g/mol. The summed E-state index contributed by atoms with van der Waals surface area (Å²) in [7, 11) is 0. The van der Waals surface area contributed by atoms with Crippen LogP contribution in [0, 0.1) is 10.1 Å².